The van der Waals surface area contributed by atoms with Crippen LogP contribution in [0.25, 0.3) is 0 Å². The smallest absolute Gasteiger partial charge is 0.285 e. The summed E-state index contributed by atoms with van der Waals surface area (Å²) in [6.07, 6.45) is 8.44. The van der Waals surface area contributed by atoms with Gasteiger partial charge in [-0.05, 0) is 55.5 Å². The van der Waals surface area contributed by atoms with Gasteiger partial charge in [0, 0.05) is 29.3 Å². The third-order valence-corrected chi connectivity index (χ3v) is 7.31. The molecule has 0 bridgehead atoms. The Kier molecular flexibility index (Phi) is 5.08. The number of carbonyl (C=O) groups excluding carboxylic acids is 2. The van der Waals surface area contributed by atoms with Crippen molar-refractivity contribution in [2.45, 2.75) is 43.8 Å². The number of fused-ring (bicyclic) bond motifs is 1. The summed E-state index contributed by atoms with van der Waals surface area (Å²) in [4.78, 5) is 26.2. The van der Waals surface area contributed by atoms with Crippen molar-refractivity contribution in [3.63, 3.8) is 0 Å². The van der Waals surface area contributed by atoms with E-state index in [1.54, 1.807) is 29.4 Å². The Hall–Kier alpha value is -1.95. The first kappa shape index (κ1) is 17.9. The molecule has 2 amide bonds. The van der Waals surface area contributed by atoms with Gasteiger partial charge in [-0.2, -0.15) is 4.36 Å². The van der Waals surface area contributed by atoms with Crippen molar-refractivity contribution < 1.29 is 13.8 Å². The zero-order valence-electron chi connectivity index (χ0n) is 14.6. The Morgan fingerprint density at radius 2 is 2.00 bits per heavy atom. The number of nitrogens with zero attached hydrogens (tertiary/aromatic N) is 2. The van der Waals surface area contributed by atoms with Crippen molar-refractivity contribution in [3.8, 4) is 0 Å². The average Bonchev–Trinajstić information content (AvgIpc) is 3.15. The van der Waals surface area contributed by atoms with Gasteiger partial charge >= 0.3 is 0 Å². The van der Waals surface area contributed by atoms with E-state index < -0.39 is 15.6 Å². The van der Waals surface area contributed by atoms with Gasteiger partial charge in [0.25, 0.3) is 5.91 Å². The first-order chi connectivity index (χ1) is 11.9. The number of amides is 2. The standard InChI is InChI=1S/C19H24N2O3S/c1-3-18(22)21-12-6-7-14-13-15(10-11-17(14)21)19(23)20-25(2,24)16-8-4-5-9-16/h3,10-11,13,16H,1,4-9,12H2,2H3. The monoisotopic (exact) mass is 360 g/mol. The Balaban J connectivity index is 1.89. The van der Waals surface area contributed by atoms with E-state index in [4.69, 9.17) is 0 Å². The van der Waals surface area contributed by atoms with Crippen molar-refractivity contribution in [3.05, 3.63) is 42.0 Å². The van der Waals surface area contributed by atoms with Crippen LogP contribution in [0.3, 0.4) is 0 Å². The molecule has 1 aromatic carbocycles. The molecule has 0 N–H and O–H groups in total. The largest absolute Gasteiger partial charge is 0.309 e. The van der Waals surface area contributed by atoms with E-state index in [9.17, 15) is 13.8 Å². The minimum atomic E-state index is -2.51. The molecule has 1 aromatic rings. The first-order valence-electron chi connectivity index (χ1n) is 8.74. The lowest BCUT2D eigenvalue weighted by atomic mass is 9.99. The fourth-order valence-electron chi connectivity index (χ4n) is 3.69. The lowest BCUT2D eigenvalue weighted by molar-refractivity contribution is -0.114. The lowest BCUT2D eigenvalue weighted by Crippen LogP contribution is -2.34. The second kappa shape index (κ2) is 7.12. The van der Waals surface area contributed by atoms with Gasteiger partial charge in [-0.15, -0.1) is 0 Å². The molecule has 0 radical (unpaired) electrons. The summed E-state index contributed by atoms with van der Waals surface area (Å²) in [7, 11) is -2.51. The SMILES string of the molecule is C=CC(=O)N1CCCc2cc(C(=O)N=S(C)(=O)C3CCCC3)ccc21. The third kappa shape index (κ3) is 3.68. The number of carbonyl (C=O) groups is 2. The fourth-order valence-corrected chi connectivity index (χ4v) is 5.48. The predicted molar refractivity (Wildman–Crippen MR) is 100 cm³/mol. The molecule has 1 aliphatic carbocycles. The molecule has 2 aliphatic rings. The predicted octanol–water partition coefficient (Wildman–Crippen LogP) is 3.33. The van der Waals surface area contributed by atoms with E-state index >= 15 is 0 Å². The maximum absolute atomic E-state index is 12.8. The zero-order chi connectivity index (χ0) is 18.0. The maximum Gasteiger partial charge on any atom is 0.285 e. The van der Waals surface area contributed by atoms with Gasteiger partial charge in [0.05, 0.1) is 9.73 Å². The summed E-state index contributed by atoms with van der Waals surface area (Å²) in [6.45, 7) is 4.19. The number of rotatable bonds is 3. The number of anilines is 1. The van der Waals surface area contributed by atoms with Crippen LogP contribution in [0.15, 0.2) is 35.2 Å². The quantitative estimate of drug-likeness (QED) is 0.777. The number of benzene rings is 1. The fraction of sp³-hybridized carbons (Fsp3) is 0.474. The molecule has 3 rings (SSSR count). The van der Waals surface area contributed by atoms with Gasteiger partial charge in [-0.25, -0.2) is 4.21 Å². The zero-order valence-corrected chi connectivity index (χ0v) is 15.4. The molecule has 1 unspecified atom stereocenters. The molecule has 0 spiro atoms. The highest BCUT2D eigenvalue weighted by molar-refractivity contribution is 7.93. The van der Waals surface area contributed by atoms with Crippen molar-refractivity contribution in [2.75, 3.05) is 17.7 Å². The first-order valence-corrected chi connectivity index (χ1v) is 10.7. The number of hydrogen-bond acceptors (Lipinski definition) is 3. The summed E-state index contributed by atoms with van der Waals surface area (Å²) < 4.78 is 16.9. The molecular formula is C19H24N2O3S. The van der Waals surface area contributed by atoms with E-state index in [2.05, 4.69) is 10.9 Å². The van der Waals surface area contributed by atoms with Gasteiger partial charge < -0.3 is 4.90 Å². The highest BCUT2D eigenvalue weighted by Gasteiger charge is 2.25. The summed E-state index contributed by atoms with van der Waals surface area (Å²) in [6, 6.07) is 5.24. The molecule has 0 aromatic heterocycles. The van der Waals surface area contributed by atoms with Crippen molar-refractivity contribution in [1.82, 2.24) is 0 Å². The molecule has 0 saturated heterocycles. The summed E-state index contributed by atoms with van der Waals surface area (Å²) in [5, 5.41) is 0.0229. The van der Waals surface area contributed by atoms with Crippen LogP contribution >= 0.6 is 0 Å². The normalized spacial score (nSPS) is 19.8. The maximum atomic E-state index is 12.8. The van der Waals surface area contributed by atoms with E-state index in [-0.39, 0.29) is 11.2 Å². The molecule has 1 fully saturated rings. The Morgan fingerprint density at radius 1 is 1.28 bits per heavy atom. The molecule has 1 atom stereocenters. The molecule has 6 heteroatoms. The Morgan fingerprint density at radius 3 is 2.68 bits per heavy atom. The second-order valence-corrected chi connectivity index (χ2v) is 9.38. The van der Waals surface area contributed by atoms with E-state index in [1.165, 1.54) is 6.08 Å². The van der Waals surface area contributed by atoms with Gasteiger partial charge in [-0.3, -0.25) is 9.59 Å². The number of hydrogen-bond donors (Lipinski definition) is 0. The van der Waals surface area contributed by atoms with Crippen molar-refractivity contribution in [2.24, 2.45) is 4.36 Å². The van der Waals surface area contributed by atoms with E-state index in [0.717, 1.165) is 49.8 Å². The van der Waals surface area contributed by atoms with Crippen molar-refractivity contribution in [1.29, 1.82) is 0 Å². The topological polar surface area (TPSA) is 66.8 Å². The van der Waals surface area contributed by atoms with Crippen LogP contribution in [0.4, 0.5) is 5.69 Å². The van der Waals surface area contributed by atoms with Crippen LogP contribution in [-0.2, 0) is 20.9 Å². The molecular weight excluding hydrogens is 336 g/mol. The van der Waals surface area contributed by atoms with E-state index in [0.29, 0.717) is 12.1 Å². The average molecular weight is 360 g/mol. The molecule has 1 saturated carbocycles. The number of aryl methyl sites for hydroxylation is 1. The van der Waals surface area contributed by atoms with E-state index in [1.807, 2.05) is 0 Å². The third-order valence-electron chi connectivity index (χ3n) is 5.07. The van der Waals surface area contributed by atoms with Crippen LogP contribution in [0.2, 0.25) is 0 Å². The highest BCUT2D eigenvalue weighted by atomic mass is 32.2. The van der Waals surface area contributed by atoms with Crippen LogP contribution in [0.1, 0.15) is 48.0 Å². The van der Waals surface area contributed by atoms with Crippen LogP contribution in [0.5, 0.6) is 0 Å². The Bertz CT molecular complexity index is 831. The van der Waals surface area contributed by atoms with Crippen molar-refractivity contribution >= 4 is 27.2 Å². The minimum Gasteiger partial charge on any atom is -0.309 e. The van der Waals surface area contributed by atoms with Gasteiger partial charge in [0.1, 0.15) is 0 Å². The molecule has 25 heavy (non-hydrogen) atoms. The molecule has 1 heterocycles. The van der Waals surface area contributed by atoms with Crippen LogP contribution < -0.4 is 4.90 Å². The minimum absolute atomic E-state index is 0.0229. The molecule has 1 aliphatic heterocycles. The van der Waals surface area contributed by atoms with Gasteiger partial charge in [-0.1, -0.05) is 19.4 Å². The summed E-state index contributed by atoms with van der Waals surface area (Å²) >= 11 is 0. The summed E-state index contributed by atoms with van der Waals surface area (Å²) in [5.41, 5.74) is 2.21. The van der Waals surface area contributed by atoms with Crippen LogP contribution in [-0.4, -0.2) is 34.1 Å². The summed E-state index contributed by atoms with van der Waals surface area (Å²) in [5.74, 6) is -0.558. The van der Waals surface area contributed by atoms with Gasteiger partial charge in [0.15, 0.2) is 0 Å². The second-order valence-electron chi connectivity index (χ2n) is 6.81. The highest BCUT2D eigenvalue weighted by Crippen LogP contribution is 2.29. The molecule has 5 nitrogen and oxygen atoms in total. The molecule has 134 valence electrons. The lowest BCUT2D eigenvalue weighted by Gasteiger charge is -2.28. The van der Waals surface area contributed by atoms with Crippen LogP contribution in [0, 0.1) is 0 Å². The Labute approximate surface area is 149 Å². The van der Waals surface area contributed by atoms with Gasteiger partial charge in [0.2, 0.25) is 5.91 Å².